The number of anilines is 3. The number of aryl methyl sites for hydroxylation is 1. The molecule has 0 aliphatic carbocycles. The highest BCUT2D eigenvalue weighted by molar-refractivity contribution is 5.67. The van der Waals surface area contributed by atoms with Crippen LogP contribution in [0.2, 0.25) is 0 Å². The van der Waals surface area contributed by atoms with E-state index in [0.717, 1.165) is 16.9 Å². The summed E-state index contributed by atoms with van der Waals surface area (Å²) < 4.78 is 13.8. The van der Waals surface area contributed by atoms with Crippen LogP contribution < -0.4 is 10.2 Å². The lowest BCUT2D eigenvalue weighted by molar-refractivity contribution is 0.631. The normalized spacial score (nSPS) is 9.95. The molecule has 0 saturated heterocycles. The maximum absolute atomic E-state index is 13.8. The van der Waals surface area contributed by atoms with Gasteiger partial charge in [0.25, 0.3) is 0 Å². The summed E-state index contributed by atoms with van der Waals surface area (Å²) >= 11 is 0. The van der Waals surface area contributed by atoms with Gasteiger partial charge in [-0.1, -0.05) is 6.07 Å². The summed E-state index contributed by atoms with van der Waals surface area (Å²) in [6, 6.07) is 12.2. The standard InChI is InChI=1S/C16H16FN3/c1-11-4-6-13(9-16(11)20(2)3)19-15-7-5-12(10-18)8-14(15)17/h4-9,19H,1-3H3. The van der Waals surface area contributed by atoms with Crippen molar-refractivity contribution in [1.82, 2.24) is 0 Å². The maximum atomic E-state index is 13.8. The molecule has 0 atom stereocenters. The van der Waals surface area contributed by atoms with Crippen LogP contribution in [-0.2, 0) is 0 Å². The minimum Gasteiger partial charge on any atom is -0.377 e. The zero-order valence-electron chi connectivity index (χ0n) is 11.7. The van der Waals surface area contributed by atoms with Gasteiger partial charge in [0.15, 0.2) is 0 Å². The second kappa shape index (κ2) is 5.62. The Labute approximate surface area is 118 Å². The Kier molecular flexibility index (Phi) is 3.90. The Morgan fingerprint density at radius 1 is 1.15 bits per heavy atom. The summed E-state index contributed by atoms with van der Waals surface area (Å²) in [7, 11) is 3.93. The monoisotopic (exact) mass is 269 g/mol. The smallest absolute Gasteiger partial charge is 0.147 e. The second-order valence-corrected chi connectivity index (χ2v) is 4.83. The molecule has 0 heterocycles. The molecule has 0 aliphatic heterocycles. The number of nitrogens with one attached hydrogen (secondary N) is 1. The molecule has 0 aromatic heterocycles. The van der Waals surface area contributed by atoms with E-state index in [0.29, 0.717) is 11.3 Å². The highest BCUT2D eigenvalue weighted by Crippen LogP contribution is 2.26. The minimum atomic E-state index is -0.434. The molecule has 0 unspecified atom stereocenters. The number of nitriles is 1. The van der Waals surface area contributed by atoms with Gasteiger partial charge in [-0.05, 0) is 42.8 Å². The van der Waals surface area contributed by atoms with Gasteiger partial charge < -0.3 is 10.2 Å². The summed E-state index contributed by atoms with van der Waals surface area (Å²) in [6.45, 7) is 2.03. The number of hydrogen-bond acceptors (Lipinski definition) is 3. The molecule has 1 N–H and O–H groups in total. The molecule has 0 amide bonds. The molecule has 20 heavy (non-hydrogen) atoms. The van der Waals surface area contributed by atoms with Gasteiger partial charge in [-0.3, -0.25) is 0 Å². The molecule has 0 radical (unpaired) electrons. The summed E-state index contributed by atoms with van der Waals surface area (Å²) in [5.74, 6) is -0.434. The first kappa shape index (κ1) is 13.9. The van der Waals surface area contributed by atoms with E-state index in [2.05, 4.69) is 5.32 Å². The molecule has 0 saturated carbocycles. The van der Waals surface area contributed by atoms with Gasteiger partial charge in [-0.15, -0.1) is 0 Å². The Bertz CT molecular complexity index is 672. The Morgan fingerprint density at radius 3 is 2.50 bits per heavy atom. The first-order chi connectivity index (χ1) is 9.51. The van der Waals surface area contributed by atoms with Crippen molar-refractivity contribution in [2.75, 3.05) is 24.3 Å². The first-order valence-electron chi connectivity index (χ1n) is 6.26. The number of rotatable bonds is 3. The number of hydrogen-bond donors (Lipinski definition) is 1. The fraction of sp³-hybridized carbons (Fsp3) is 0.188. The van der Waals surface area contributed by atoms with Crippen LogP contribution in [0.1, 0.15) is 11.1 Å². The number of nitrogens with zero attached hydrogens (tertiary/aromatic N) is 2. The Balaban J connectivity index is 2.31. The number of halogens is 1. The van der Waals surface area contributed by atoms with Crippen molar-refractivity contribution in [2.24, 2.45) is 0 Å². The lowest BCUT2D eigenvalue weighted by Crippen LogP contribution is -2.10. The van der Waals surface area contributed by atoms with Gasteiger partial charge in [0.2, 0.25) is 0 Å². The van der Waals surface area contributed by atoms with Crippen molar-refractivity contribution in [1.29, 1.82) is 5.26 Å². The second-order valence-electron chi connectivity index (χ2n) is 4.83. The van der Waals surface area contributed by atoms with E-state index < -0.39 is 5.82 Å². The third kappa shape index (κ3) is 2.89. The van der Waals surface area contributed by atoms with E-state index in [1.165, 1.54) is 6.07 Å². The lowest BCUT2D eigenvalue weighted by atomic mass is 10.1. The van der Waals surface area contributed by atoms with Crippen molar-refractivity contribution in [2.45, 2.75) is 6.92 Å². The van der Waals surface area contributed by atoms with Gasteiger partial charge in [-0.2, -0.15) is 5.26 Å². The van der Waals surface area contributed by atoms with E-state index in [4.69, 9.17) is 5.26 Å². The highest BCUT2D eigenvalue weighted by atomic mass is 19.1. The van der Waals surface area contributed by atoms with E-state index in [-0.39, 0.29) is 0 Å². The van der Waals surface area contributed by atoms with Crippen LogP contribution in [0.25, 0.3) is 0 Å². The summed E-state index contributed by atoms with van der Waals surface area (Å²) in [5.41, 5.74) is 3.70. The highest BCUT2D eigenvalue weighted by Gasteiger charge is 2.06. The molecule has 2 aromatic rings. The topological polar surface area (TPSA) is 39.1 Å². The summed E-state index contributed by atoms with van der Waals surface area (Å²) in [5, 5.41) is 11.8. The molecular formula is C16H16FN3. The Morgan fingerprint density at radius 2 is 1.90 bits per heavy atom. The van der Waals surface area contributed by atoms with Crippen LogP contribution in [0, 0.1) is 24.1 Å². The molecular weight excluding hydrogens is 253 g/mol. The van der Waals surface area contributed by atoms with Crippen molar-refractivity contribution >= 4 is 17.1 Å². The quantitative estimate of drug-likeness (QED) is 0.920. The first-order valence-corrected chi connectivity index (χ1v) is 6.26. The van der Waals surface area contributed by atoms with Crippen LogP contribution in [-0.4, -0.2) is 14.1 Å². The largest absolute Gasteiger partial charge is 0.377 e. The van der Waals surface area contributed by atoms with Crippen LogP contribution in [0.3, 0.4) is 0 Å². The zero-order chi connectivity index (χ0) is 14.7. The predicted molar refractivity (Wildman–Crippen MR) is 79.9 cm³/mol. The molecule has 2 rings (SSSR count). The molecule has 3 nitrogen and oxygen atoms in total. The zero-order valence-corrected chi connectivity index (χ0v) is 11.7. The fourth-order valence-corrected chi connectivity index (χ4v) is 2.01. The fourth-order valence-electron chi connectivity index (χ4n) is 2.01. The molecule has 0 fully saturated rings. The van der Waals surface area contributed by atoms with Gasteiger partial charge in [0.1, 0.15) is 5.82 Å². The van der Waals surface area contributed by atoms with Gasteiger partial charge in [0.05, 0.1) is 17.3 Å². The maximum Gasteiger partial charge on any atom is 0.147 e. The molecule has 0 spiro atoms. The van der Waals surface area contributed by atoms with Crippen LogP contribution in [0.5, 0.6) is 0 Å². The lowest BCUT2D eigenvalue weighted by Gasteiger charge is -2.17. The third-order valence-corrected chi connectivity index (χ3v) is 3.07. The molecule has 0 bridgehead atoms. The number of benzene rings is 2. The average molecular weight is 269 g/mol. The van der Waals surface area contributed by atoms with Crippen molar-refractivity contribution in [3.05, 3.63) is 53.3 Å². The summed E-state index contributed by atoms with van der Waals surface area (Å²) in [4.78, 5) is 2.01. The molecule has 4 heteroatoms. The van der Waals surface area contributed by atoms with Gasteiger partial charge in [-0.25, -0.2) is 4.39 Å². The molecule has 102 valence electrons. The molecule has 2 aromatic carbocycles. The van der Waals surface area contributed by atoms with Crippen molar-refractivity contribution < 1.29 is 4.39 Å². The van der Waals surface area contributed by atoms with Crippen LogP contribution in [0.15, 0.2) is 36.4 Å². The van der Waals surface area contributed by atoms with Crippen LogP contribution >= 0.6 is 0 Å². The van der Waals surface area contributed by atoms with Crippen molar-refractivity contribution in [3.8, 4) is 6.07 Å². The molecule has 0 aliphatic rings. The van der Waals surface area contributed by atoms with Gasteiger partial charge in [0, 0.05) is 25.5 Å². The average Bonchev–Trinajstić information content (AvgIpc) is 2.42. The van der Waals surface area contributed by atoms with E-state index in [1.807, 2.05) is 50.2 Å². The summed E-state index contributed by atoms with van der Waals surface area (Å²) in [6.07, 6.45) is 0. The Hall–Kier alpha value is -2.54. The SMILES string of the molecule is Cc1ccc(Nc2ccc(C#N)cc2F)cc1N(C)C. The third-order valence-electron chi connectivity index (χ3n) is 3.07. The van der Waals surface area contributed by atoms with E-state index in [9.17, 15) is 4.39 Å². The van der Waals surface area contributed by atoms with Crippen molar-refractivity contribution in [3.63, 3.8) is 0 Å². The van der Waals surface area contributed by atoms with E-state index >= 15 is 0 Å². The van der Waals surface area contributed by atoms with Gasteiger partial charge >= 0.3 is 0 Å². The minimum absolute atomic E-state index is 0.311. The van der Waals surface area contributed by atoms with Crippen LogP contribution in [0.4, 0.5) is 21.5 Å². The van der Waals surface area contributed by atoms with E-state index in [1.54, 1.807) is 12.1 Å². The predicted octanol–water partition coefficient (Wildman–Crippen LogP) is 3.82.